The third-order valence-electron chi connectivity index (χ3n) is 15.9. The molecule has 6 aromatic heterocycles. The molecule has 15 nitrogen and oxygen atoms in total. The summed E-state index contributed by atoms with van der Waals surface area (Å²) in [7, 11) is 2.75. The number of aromatic nitrogens is 6. The first-order valence-electron chi connectivity index (χ1n) is 30.4. The highest BCUT2D eigenvalue weighted by Crippen LogP contribution is 2.46. The van der Waals surface area contributed by atoms with Crippen molar-refractivity contribution in [1.29, 1.82) is 0 Å². The number of benzene rings is 3. The highest BCUT2D eigenvalue weighted by molar-refractivity contribution is 6.31. The van der Waals surface area contributed by atoms with Gasteiger partial charge < -0.3 is 42.9 Å². The van der Waals surface area contributed by atoms with E-state index in [1.54, 1.807) is 0 Å². The fourth-order valence-electron chi connectivity index (χ4n) is 11.6. The fourth-order valence-corrected chi connectivity index (χ4v) is 12.0. The number of fused-ring (bicyclic) bond motifs is 3. The van der Waals surface area contributed by atoms with Crippen LogP contribution in [0.1, 0.15) is 148 Å². The van der Waals surface area contributed by atoms with Gasteiger partial charge in [0.1, 0.15) is 16.9 Å². The minimum Gasteiger partial charge on any atom is -0.479 e. The molecule has 0 saturated carbocycles. The third kappa shape index (κ3) is 15.5. The molecule has 3 atom stereocenters. The molecule has 9 rings (SSSR count). The van der Waals surface area contributed by atoms with Gasteiger partial charge in [0.05, 0.1) is 31.0 Å². The summed E-state index contributed by atoms with van der Waals surface area (Å²) in [5, 5.41) is 14.9. The Labute approximate surface area is 556 Å². The van der Waals surface area contributed by atoms with E-state index in [4.69, 9.17) is 73.4 Å². The molecular formula is C74H87Cl3N6O9. The number of aliphatic carboxylic acids is 1. The standard InChI is InChI=1S/C26H31ClN2O3.C25H29ClN2O3.C23H27ClN2O3/c1-9-14-29-17(4)15(2)20-22(18-10-12-19(27)13-11-18)21(16(3)28-24(20)29)23(25(30)31-8)32-26(5,6)7;1-8-13-28-16(4)14(2)19-21(17-9-11-18(26)12-10-17)20(15(3)27-23(19)28)22(24(29)30)31-25(5,6)7;1-12-13(2)25-21-17(12)19(15-8-10-16(24)11-9-15)18(14(3)26-21)20(22(27)28-7)29-23(4,5)6/h9-13,23H,1,14H2,2-8H3;8-12,22H,1,13H2,2-7H3,(H,29,30);8-11,20H,1-7H3,(H,25,26). The number of carboxylic acid groups (broad SMARTS) is 1. The first kappa shape index (κ1) is 71.8. The van der Waals surface area contributed by atoms with Gasteiger partial charge in [-0.2, -0.15) is 0 Å². The Hall–Kier alpha value is -7.63. The molecule has 0 fully saturated rings. The number of carbonyl (C=O) groups excluding carboxylic acids is 2. The van der Waals surface area contributed by atoms with E-state index in [0.717, 1.165) is 100 Å². The zero-order valence-corrected chi connectivity index (χ0v) is 59.0. The van der Waals surface area contributed by atoms with Crippen LogP contribution in [0.4, 0.5) is 0 Å². The molecule has 3 aromatic carbocycles. The third-order valence-corrected chi connectivity index (χ3v) is 16.7. The number of esters is 2. The van der Waals surface area contributed by atoms with Crippen LogP contribution in [0, 0.1) is 62.3 Å². The molecular weight excluding hydrogens is 1220 g/mol. The minimum absolute atomic E-state index is 0.454. The van der Waals surface area contributed by atoms with Gasteiger partial charge in [0, 0.05) is 112 Å². The average molecular weight is 1310 g/mol. The Bertz CT molecular complexity index is 4250. The summed E-state index contributed by atoms with van der Waals surface area (Å²) < 4.78 is 33.0. The van der Waals surface area contributed by atoms with Crippen molar-refractivity contribution in [2.75, 3.05) is 14.2 Å². The Kier molecular flexibility index (Phi) is 22.4. The number of pyridine rings is 3. The number of hydrogen-bond acceptors (Lipinski definition) is 11. The lowest BCUT2D eigenvalue weighted by molar-refractivity contribution is -0.164. The number of methoxy groups -OCH3 is 2. The SMILES string of the molecule is C=CCn1c(C)c(C)c2c(-c3ccc(Cl)cc3)c(C(OC(C)(C)C)C(=O)O)c(C)nc21.C=CCn1c(C)c(C)c2c(-c3ccc(Cl)cc3)c(C(OC(C)(C)C)C(=O)OC)c(C)nc21.COC(=O)C(OC(C)(C)C)c1c(C)nc2[nH]c(C)c(C)c2c1-c1ccc(Cl)cc1. The number of nitrogens with one attached hydrogen (secondary N) is 1. The van der Waals surface area contributed by atoms with Gasteiger partial charge in [0.15, 0.2) is 18.3 Å². The number of carboxylic acids is 1. The lowest BCUT2D eigenvalue weighted by atomic mass is 9.91. The highest BCUT2D eigenvalue weighted by atomic mass is 35.5. The molecule has 2 N–H and O–H groups in total. The van der Waals surface area contributed by atoms with Crippen molar-refractivity contribution in [2.24, 2.45) is 0 Å². The molecule has 0 aliphatic heterocycles. The molecule has 3 unspecified atom stereocenters. The van der Waals surface area contributed by atoms with Crippen molar-refractivity contribution in [3.8, 4) is 33.4 Å². The van der Waals surface area contributed by atoms with E-state index in [-0.39, 0.29) is 0 Å². The van der Waals surface area contributed by atoms with E-state index in [1.165, 1.54) is 14.2 Å². The molecule has 0 aliphatic carbocycles. The van der Waals surface area contributed by atoms with Crippen molar-refractivity contribution in [3.05, 3.63) is 181 Å². The number of H-pyrrole nitrogens is 1. The molecule has 0 aliphatic rings. The van der Waals surface area contributed by atoms with E-state index < -0.39 is 53.0 Å². The Morgan fingerprint density at radius 2 is 0.804 bits per heavy atom. The second-order valence-electron chi connectivity index (χ2n) is 25.9. The maximum Gasteiger partial charge on any atom is 0.339 e. The van der Waals surface area contributed by atoms with E-state index >= 15 is 0 Å². The number of aromatic amines is 1. The van der Waals surface area contributed by atoms with Crippen LogP contribution in [-0.2, 0) is 51.2 Å². The van der Waals surface area contributed by atoms with Crippen LogP contribution in [0.2, 0.25) is 15.1 Å². The Morgan fingerprint density at radius 1 is 0.500 bits per heavy atom. The molecule has 0 radical (unpaired) electrons. The number of hydrogen-bond donors (Lipinski definition) is 2. The number of nitrogens with zero attached hydrogens (tertiary/aromatic N) is 5. The van der Waals surface area contributed by atoms with Gasteiger partial charge in [-0.25, -0.2) is 29.3 Å². The van der Waals surface area contributed by atoms with Crippen LogP contribution >= 0.6 is 34.8 Å². The lowest BCUT2D eigenvalue weighted by Gasteiger charge is -2.28. The van der Waals surface area contributed by atoms with E-state index in [2.05, 4.69) is 41.1 Å². The van der Waals surface area contributed by atoms with E-state index in [1.807, 2.05) is 196 Å². The average Bonchev–Trinajstić information content (AvgIpc) is 1.51. The van der Waals surface area contributed by atoms with Crippen molar-refractivity contribution >= 4 is 85.8 Å². The summed E-state index contributed by atoms with van der Waals surface area (Å²) in [6, 6.07) is 22.7. The smallest absolute Gasteiger partial charge is 0.339 e. The Morgan fingerprint density at radius 3 is 1.11 bits per heavy atom. The molecule has 6 heterocycles. The largest absolute Gasteiger partial charge is 0.479 e. The first-order valence-corrected chi connectivity index (χ1v) is 31.5. The zero-order valence-electron chi connectivity index (χ0n) is 56.7. The number of rotatable bonds is 16. The molecule has 0 amide bonds. The fraction of sp³-hybridized carbons (Fsp3) is 0.378. The first-order chi connectivity index (χ1) is 43.0. The number of carbonyl (C=O) groups is 3. The maximum atomic E-state index is 13.0. The topological polar surface area (TPSA) is 182 Å². The molecule has 0 bridgehead atoms. The van der Waals surface area contributed by atoms with Gasteiger partial charge in [-0.1, -0.05) is 83.4 Å². The van der Waals surface area contributed by atoms with Crippen LogP contribution in [-0.4, -0.2) is 83.1 Å². The summed E-state index contributed by atoms with van der Waals surface area (Å²) >= 11 is 18.5. The predicted molar refractivity (Wildman–Crippen MR) is 372 cm³/mol. The van der Waals surface area contributed by atoms with Crippen molar-refractivity contribution in [2.45, 2.75) is 173 Å². The second-order valence-corrected chi connectivity index (χ2v) is 27.2. The van der Waals surface area contributed by atoms with E-state index in [0.29, 0.717) is 61.9 Å². The maximum absolute atomic E-state index is 13.0. The van der Waals surface area contributed by atoms with Crippen molar-refractivity contribution < 1.29 is 43.2 Å². The molecule has 0 spiro atoms. The predicted octanol–water partition coefficient (Wildman–Crippen LogP) is 18.7. The summed E-state index contributed by atoms with van der Waals surface area (Å²) in [5.41, 5.74) is 16.5. The summed E-state index contributed by atoms with van der Waals surface area (Å²) in [4.78, 5) is 56.1. The molecule has 488 valence electrons. The normalized spacial score (nSPS) is 12.9. The molecule has 92 heavy (non-hydrogen) atoms. The van der Waals surface area contributed by atoms with Crippen LogP contribution in [0.25, 0.3) is 66.5 Å². The van der Waals surface area contributed by atoms with Gasteiger partial charge in [-0.3, -0.25) is 0 Å². The monoisotopic (exact) mass is 1310 g/mol. The molecule has 9 aromatic rings. The quantitative estimate of drug-likeness (QED) is 0.0691. The zero-order chi connectivity index (χ0) is 68.4. The van der Waals surface area contributed by atoms with Crippen LogP contribution < -0.4 is 0 Å². The summed E-state index contributed by atoms with van der Waals surface area (Å²) in [6.45, 7) is 44.0. The van der Waals surface area contributed by atoms with Gasteiger partial charge in [-0.15, -0.1) is 13.2 Å². The molecule has 0 saturated heterocycles. The van der Waals surface area contributed by atoms with Crippen LogP contribution in [0.15, 0.2) is 98.1 Å². The summed E-state index contributed by atoms with van der Waals surface area (Å²) in [5.74, 6) is -1.96. The van der Waals surface area contributed by atoms with Crippen LogP contribution in [0.3, 0.4) is 0 Å². The van der Waals surface area contributed by atoms with E-state index in [9.17, 15) is 19.5 Å². The summed E-state index contributed by atoms with van der Waals surface area (Å²) in [6.07, 6.45) is 0.701. The van der Waals surface area contributed by atoms with Gasteiger partial charge in [0.25, 0.3) is 0 Å². The van der Waals surface area contributed by atoms with Gasteiger partial charge in [-0.05, 0) is 194 Å². The highest BCUT2D eigenvalue weighted by Gasteiger charge is 2.37. The van der Waals surface area contributed by atoms with Crippen LogP contribution in [0.5, 0.6) is 0 Å². The van der Waals surface area contributed by atoms with Gasteiger partial charge >= 0.3 is 17.9 Å². The molecule has 18 heteroatoms. The number of aryl methyl sites for hydroxylation is 7. The van der Waals surface area contributed by atoms with Gasteiger partial charge in [0.2, 0.25) is 0 Å². The second kappa shape index (κ2) is 28.7. The number of allylic oxidation sites excluding steroid dienone is 2. The van der Waals surface area contributed by atoms with Crippen molar-refractivity contribution in [3.63, 3.8) is 0 Å². The number of ether oxygens (including phenoxy) is 5. The lowest BCUT2D eigenvalue weighted by Crippen LogP contribution is -2.29. The van der Waals surface area contributed by atoms with Crippen molar-refractivity contribution in [1.82, 2.24) is 29.1 Å². The number of halogens is 3. The Balaban J connectivity index is 0.000000196. The minimum atomic E-state index is -1.16.